The topological polar surface area (TPSA) is 64.2 Å². The van der Waals surface area contributed by atoms with Gasteiger partial charge in [-0.15, -0.1) is 24.8 Å². The number of carbonyl (C=O) groups excluding carboxylic acids is 1. The van der Waals surface area contributed by atoms with Gasteiger partial charge in [0.2, 0.25) is 5.91 Å². The fourth-order valence-electron chi connectivity index (χ4n) is 2.45. The number of amides is 1. The number of aromatic nitrogens is 2. The van der Waals surface area contributed by atoms with Gasteiger partial charge in [0, 0.05) is 37.9 Å². The summed E-state index contributed by atoms with van der Waals surface area (Å²) in [4.78, 5) is 14.0. The summed E-state index contributed by atoms with van der Waals surface area (Å²) < 4.78 is 1.79. The lowest BCUT2D eigenvalue weighted by Crippen LogP contribution is -2.34. The van der Waals surface area contributed by atoms with Gasteiger partial charge in [0.05, 0.1) is 0 Å². The van der Waals surface area contributed by atoms with E-state index < -0.39 is 0 Å². The third kappa shape index (κ3) is 4.67. The summed E-state index contributed by atoms with van der Waals surface area (Å²) in [5, 5.41) is 4.09. The molecule has 0 aromatic carbocycles. The lowest BCUT2D eigenvalue weighted by atomic mass is 10.1. The summed E-state index contributed by atoms with van der Waals surface area (Å²) in [6.45, 7) is 4.24. The van der Waals surface area contributed by atoms with Crippen LogP contribution in [0.5, 0.6) is 0 Å². The molecule has 0 aliphatic carbocycles. The lowest BCUT2D eigenvalue weighted by molar-refractivity contribution is -0.132. The Balaban J connectivity index is 0.00000162. The molecule has 19 heavy (non-hydrogen) atoms. The van der Waals surface area contributed by atoms with Gasteiger partial charge in [-0.1, -0.05) is 0 Å². The highest BCUT2D eigenvalue weighted by Gasteiger charge is 2.30. The summed E-state index contributed by atoms with van der Waals surface area (Å²) in [6.07, 6.45) is 5.16. The zero-order chi connectivity index (χ0) is 12.3. The van der Waals surface area contributed by atoms with Crippen LogP contribution in [-0.4, -0.2) is 39.7 Å². The Morgan fingerprint density at radius 1 is 1.47 bits per heavy atom. The molecule has 0 radical (unpaired) electrons. The Morgan fingerprint density at radius 3 is 2.74 bits per heavy atom. The standard InChI is InChI=1S/C12H20N4O.2ClH/c1-10-7-11(8-13)9-16(10)12(17)3-6-15-5-2-4-14-15;;/h2,4-5,10-11H,3,6-9,13H2,1H3;2*1H. The van der Waals surface area contributed by atoms with Crippen LogP contribution >= 0.6 is 24.8 Å². The van der Waals surface area contributed by atoms with E-state index in [9.17, 15) is 4.79 Å². The summed E-state index contributed by atoms with van der Waals surface area (Å²) in [7, 11) is 0. The molecule has 2 rings (SSSR count). The van der Waals surface area contributed by atoms with Crippen LogP contribution in [0, 0.1) is 5.92 Å². The minimum Gasteiger partial charge on any atom is -0.340 e. The van der Waals surface area contributed by atoms with Crippen molar-refractivity contribution in [2.45, 2.75) is 32.4 Å². The molecule has 2 heterocycles. The Kier molecular flexibility index (Phi) is 8.06. The molecular formula is C12H22Cl2N4O. The average molecular weight is 309 g/mol. The quantitative estimate of drug-likeness (QED) is 0.912. The number of likely N-dealkylation sites (tertiary alicyclic amines) is 1. The van der Waals surface area contributed by atoms with E-state index in [4.69, 9.17) is 5.73 Å². The molecule has 5 nitrogen and oxygen atoms in total. The van der Waals surface area contributed by atoms with Gasteiger partial charge in [0.25, 0.3) is 0 Å². The first-order chi connectivity index (χ1) is 8.20. The fraction of sp³-hybridized carbons (Fsp3) is 0.667. The van der Waals surface area contributed by atoms with Crippen molar-refractivity contribution in [1.82, 2.24) is 14.7 Å². The second-order valence-electron chi connectivity index (χ2n) is 4.75. The van der Waals surface area contributed by atoms with Crippen LogP contribution in [0.15, 0.2) is 18.5 Å². The molecule has 2 atom stereocenters. The molecule has 2 N–H and O–H groups in total. The maximum Gasteiger partial charge on any atom is 0.224 e. The fourth-order valence-corrected chi connectivity index (χ4v) is 2.45. The van der Waals surface area contributed by atoms with Crippen molar-refractivity contribution in [3.8, 4) is 0 Å². The first-order valence-electron chi connectivity index (χ1n) is 6.17. The van der Waals surface area contributed by atoms with E-state index in [-0.39, 0.29) is 30.7 Å². The van der Waals surface area contributed by atoms with E-state index in [0.717, 1.165) is 13.0 Å². The van der Waals surface area contributed by atoms with Crippen molar-refractivity contribution in [3.63, 3.8) is 0 Å². The molecule has 0 saturated carbocycles. The van der Waals surface area contributed by atoms with E-state index in [1.54, 1.807) is 10.9 Å². The molecule has 1 aliphatic rings. The number of hydrogen-bond acceptors (Lipinski definition) is 3. The maximum absolute atomic E-state index is 12.1. The van der Waals surface area contributed by atoms with E-state index in [2.05, 4.69) is 12.0 Å². The average Bonchev–Trinajstić information content (AvgIpc) is 2.94. The molecule has 1 amide bonds. The molecular weight excluding hydrogens is 287 g/mol. The Hall–Kier alpha value is -0.780. The third-order valence-electron chi connectivity index (χ3n) is 3.43. The van der Waals surface area contributed by atoms with Gasteiger partial charge < -0.3 is 10.6 Å². The van der Waals surface area contributed by atoms with E-state index >= 15 is 0 Å². The number of carbonyl (C=O) groups is 1. The number of nitrogens with two attached hydrogens (primary N) is 1. The number of hydrogen-bond donors (Lipinski definition) is 1. The molecule has 1 aromatic heterocycles. The van der Waals surface area contributed by atoms with Crippen molar-refractivity contribution in [2.24, 2.45) is 11.7 Å². The lowest BCUT2D eigenvalue weighted by Gasteiger charge is -2.21. The van der Waals surface area contributed by atoms with Gasteiger partial charge in [-0.3, -0.25) is 9.48 Å². The van der Waals surface area contributed by atoms with Gasteiger partial charge in [-0.2, -0.15) is 5.10 Å². The summed E-state index contributed by atoms with van der Waals surface area (Å²) in [5.41, 5.74) is 5.66. The van der Waals surface area contributed by atoms with Crippen LogP contribution in [0.4, 0.5) is 0 Å². The minimum absolute atomic E-state index is 0. The third-order valence-corrected chi connectivity index (χ3v) is 3.43. The highest BCUT2D eigenvalue weighted by atomic mass is 35.5. The van der Waals surface area contributed by atoms with Crippen molar-refractivity contribution >= 4 is 30.7 Å². The van der Waals surface area contributed by atoms with Crippen LogP contribution in [0.1, 0.15) is 19.8 Å². The van der Waals surface area contributed by atoms with Crippen molar-refractivity contribution in [1.29, 1.82) is 0 Å². The smallest absolute Gasteiger partial charge is 0.224 e. The first kappa shape index (κ1) is 18.2. The van der Waals surface area contributed by atoms with Crippen LogP contribution in [-0.2, 0) is 11.3 Å². The van der Waals surface area contributed by atoms with Gasteiger partial charge in [-0.25, -0.2) is 0 Å². The van der Waals surface area contributed by atoms with Gasteiger partial charge in [-0.05, 0) is 31.9 Å². The molecule has 1 saturated heterocycles. The SMILES string of the molecule is CC1CC(CN)CN1C(=O)CCn1cccn1.Cl.Cl. The van der Waals surface area contributed by atoms with E-state index in [1.807, 2.05) is 17.2 Å². The van der Waals surface area contributed by atoms with Crippen LogP contribution in [0.25, 0.3) is 0 Å². The molecule has 110 valence electrons. The highest BCUT2D eigenvalue weighted by Crippen LogP contribution is 2.22. The normalized spacial score (nSPS) is 21.7. The van der Waals surface area contributed by atoms with Crippen molar-refractivity contribution in [2.75, 3.05) is 13.1 Å². The molecule has 1 aliphatic heterocycles. The molecule has 7 heteroatoms. The number of rotatable bonds is 4. The predicted octanol–water partition coefficient (Wildman–Crippen LogP) is 1.31. The van der Waals surface area contributed by atoms with E-state index in [0.29, 0.717) is 31.5 Å². The highest BCUT2D eigenvalue weighted by molar-refractivity contribution is 5.85. The number of halogens is 2. The largest absolute Gasteiger partial charge is 0.340 e. The molecule has 1 fully saturated rings. The van der Waals surface area contributed by atoms with Crippen LogP contribution < -0.4 is 5.73 Å². The van der Waals surface area contributed by atoms with Crippen LogP contribution in [0.3, 0.4) is 0 Å². The molecule has 2 unspecified atom stereocenters. The predicted molar refractivity (Wildman–Crippen MR) is 79.7 cm³/mol. The zero-order valence-corrected chi connectivity index (χ0v) is 12.7. The summed E-state index contributed by atoms with van der Waals surface area (Å²) >= 11 is 0. The van der Waals surface area contributed by atoms with E-state index in [1.165, 1.54) is 0 Å². The number of nitrogens with zero attached hydrogens (tertiary/aromatic N) is 3. The Morgan fingerprint density at radius 2 is 2.21 bits per heavy atom. The monoisotopic (exact) mass is 308 g/mol. The molecule has 0 bridgehead atoms. The second-order valence-corrected chi connectivity index (χ2v) is 4.75. The van der Waals surface area contributed by atoms with Crippen molar-refractivity contribution < 1.29 is 4.79 Å². The first-order valence-corrected chi connectivity index (χ1v) is 6.17. The summed E-state index contributed by atoms with van der Waals surface area (Å²) in [5.74, 6) is 0.683. The molecule has 1 aromatic rings. The molecule has 0 spiro atoms. The van der Waals surface area contributed by atoms with Gasteiger partial charge in [0.1, 0.15) is 0 Å². The van der Waals surface area contributed by atoms with Crippen LogP contribution in [0.2, 0.25) is 0 Å². The second kappa shape index (κ2) is 8.40. The van der Waals surface area contributed by atoms with Crippen molar-refractivity contribution in [3.05, 3.63) is 18.5 Å². The maximum atomic E-state index is 12.1. The Labute approximate surface area is 126 Å². The van der Waals surface area contributed by atoms with Gasteiger partial charge in [0.15, 0.2) is 0 Å². The Bertz CT molecular complexity index is 372. The van der Waals surface area contributed by atoms with Gasteiger partial charge >= 0.3 is 0 Å². The zero-order valence-electron chi connectivity index (χ0n) is 11.1. The minimum atomic E-state index is 0. The number of aryl methyl sites for hydroxylation is 1. The summed E-state index contributed by atoms with van der Waals surface area (Å²) in [6, 6.07) is 2.20.